The van der Waals surface area contributed by atoms with Crippen LogP contribution in [0.4, 0.5) is 10.1 Å². The van der Waals surface area contributed by atoms with Crippen LogP contribution < -0.4 is 10.1 Å². The molecule has 0 aliphatic rings. The van der Waals surface area contributed by atoms with Gasteiger partial charge in [0.25, 0.3) is 0 Å². The second kappa shape index (κ2) is 8.79. The van der Waals surface area contributed by atoms with Gasteiger partial charge in [0.2, 0.25) is 5.78 Å². The lowest BCUT2D eigenvalue weighted by atomic mass is 9.99. The van der Waals surface area contributed by atoms with Crippen molar-refractivity contribution in [2.24, 2.45) is 0 Å². The molecule has 2 aromatic carbocycles. The molecule has 0 saturated heterocycles. The fraction of sp³-hybridized carbons (Fsp3) is 0.0909. The van der Waals surface area contributed by atoms with Crippen molar-refractivity contribution in [1.29, 1.82) is 0 Å². The number of pyridine rings is 1. The lowest BCUT2D eigenvalue weighted by Crippen LogP contribution is -2.21. The van der Waals surface area contributed by atoms with E-state index in [-0.39, 0.29) is 11.6 Å². The number of hydrogen-bond acceptors (Lipinski definition) is 7. The fourth-order valence-corrected chi connectivity index (χ4v) is 3.66. The van der Waals surface area contributed by atoms with Crippen LogP contribution >= 0.6 is 11.5 Å². The van der Waals surface area contributed by atoms with Crippen molar-refractivity contribution < 1.29 is 13.9 Å². The van der Waals surface area contributed by atoms with Gasteiger partial charge in [-0.2, -0.15) is 0 Å². The summed E-state index contributed by atoms with van der Waals surface area (Å²) in [6.07, 6.45) is 3.16. The van der Waals surface area contributed by atoms with Gasteiger partial charge in [-0.15, -0.1) is 5.10 Å². The number of halogens is 1. The highest BCUT2D eigenvalue weighted by Gasteiger charge is 2.27. The number of aromatic nitrogens is 3. The molecule has 0 bridgehead atoms. The summed E-state index contributed by atoms with van der Waals surface area (Å²) >= 11 is 1.03. The van der Waals surface area contributed by atoms with Crippen LogP contribution in [0.5, 0.6) is 5.75 Å². The Morgan fingerprint density at radius 1 is 1.10 bits per heavy atom. The molecule has 6 nitrogen and oxygen atoms in total. The number of Topliss-reactive ketones (excluding diaryl/α,β-unsaturated/α-hetero) is 1. The number of methoxy groups -OCH3 is 1. The fourth-order valence-electron chi connectivity index (χ4n) is 3.00. The number of benzene rings is 2. The Kier molecular flexibility index (Phi) is 5.76. The van der Waals surface area contributed by atoms with E-state index in [1.807, 2.05) is 30.3 Å². The Hall–Kier alpha value is -3.65. The van der Waals surface area contributed by atoms with E-state index >= 15 is 0 Å². The van der Waals surface area contributed by atoms with Gasteiger partial charge in [-0.05, 0) is 29.2 Å². The Morgan fingerprint density at radius 2 is 1.87 bits per heavy atom. The summed E-state index contributed by atoms with van der Waals surface area (Å²) < 4.78 is 22.7. The molecule has 0 radical (unpaired) electrons. The number of carbonyl (C=O) groups excluding carboxylic acids is 1. The van der Waals surface area contributed by atoms with Gasteiger partial charge in [-0.25, -0.2) is 4.39 Å². The summed E-state index contributed by atoms with van der Waals surface area (Å²) in [4.78, 5) is 18.1. The minimum atomic E-state index is -0.788. The predicted molar refractivity (Wildman–Crippen MR) is 113 cm³/mol. The van der Waals surface area contributed by atoms with Crippen LogP contribution in [0.1, 0.15) is 21.3 Å². The molecule has 1 atom stereocenters. The Bertz CT molecular complexity index is 1150. The maximum absolute atomic E-state index is 13.6. The molecule has 1 N–H and O–H groups in total. The number of ketones is 1. The zero-order chi connectivity index (χ0) is 20.9. The van der Waals surface area contributed by atoms with E-state index in [0.29, 0.717) is 27.6 Å². The van der Waals surface area contributed by atoms with Gasteiger partial charge < -0.3 is 10.1 Å². The third-order valence-corrected chi connectivity index (χ3v) is 5.22. The standard InChI is InChI=1S/C22H17FN4O2S/c1-29-18-11-17(12-24-13-18)25-19(15-7-9-16(23)10-8-15)21(28)22-20(26-27-30-22)14-5-3-2-4-6-14/h2-13,19,25H,1H3. The number of nitrogens with zero attached hydrogens (tertiary/aromatic N) is 3. The number of ether oxygens (including phenoxy) is 1. The van der Waals surface area contributed by atoms with Crippen molar-refractivity contribution in [3.8, 4) is 17.0 Å². The van der Waals surface area contributed by atoms with E-state index in [0.717, 1.165) is 17.1 Å². The molecule has 0 aliphatic carbocycles. The van der Waals surface area contributed by atoms with Crippen molar-refractivity contribution in [3.63, 3.8) is 0 Å². The molecule has 0 amide bonds. The number of rotatable bonds is 7. The van der Waals surface area contributed by atoms with Gasteiger partial charge in [0, 0.05) is 11.6 Å². The summed E-state index contributed by atoms with van der Waals surface area (Å²) in [7, 11) is 1.54. The molecule has 150 valence electrons. The largest absolute Gasteiger partial charge is 0.495 e. The molecule has 30 heavy (non-hydrogen) atoms. The minimum absolute atomic E-state index is 0.224. The summed E-state index contributed by atoms with van der Waals surface area (Å²) in [5.41, 5.74) is 2.52. The molecule has 0 aliphatic heterocycles. The van der Waals surface area contributed by atoms with Crippen molar-refractivity contribution in [2.75, 3.05) is 12.4 Å². The van der Waals surface area contributed by atoms with Crippen molar-refractivity contribution in [1.82, 2.24) is 14.6 Å². The first-order chi connectivity index (χ1) is 14.7. The maximum Gasteiger partial charge on any atom is 0.203 e. The van der Waals surface area contributed by atoms with Gasteiger partial charge in [0.05, 0.1) is 25.2 Å². The zero-order valence-corrected chi connectivity index (χ0v) is 16.8. The zero-order valence-electron chi connectivity index (χ0n) is 15.9. The molecule has 4 aromatic rings. The van der Waals surface area contributed by atoms with Crippen molar-refractivity contribution in [2.45, 2.75) is 6.04 Å². The van der Waals surface area contributed by atoms with Crippen LogP contribution in [0.15, 0.2) is 73.1 Å². The first-order valence-corrected chi connectivity index (χ1v) is 9.86. The molecule has 4 rings (SSSR count). The second-order valence-electron chi connectivity index (χ2n) is 6.42. The first kappa shape index (κ1) is 19.7. The van der Waals surface area contributed by atoms with Gasteiger partial charge in [0.1, 0.15) is 28.2 Å². The molecule has 8 heteroatoms. The molecule has 0 fully saturated rings. The molecule has 2 heterocycles. The molecule has 2 aromatic heterocycles. The molecule has 0 spiro atoms. The van der Waals surface area contributed by atoms with E-state index in [9.17, 15) is 9.18 Å². The highest BCUT2D eigenvalue weighted by molar-refractivity contribution is 7.08. The van der Waals surface area contributed by atoms with Crippen LogP contribution in [0, 0.1) is 5.82 Å². The maximum atomic E-state index is 13.6. The minimum Gasteiger partial charge on any atom is -0.495 e. The number of hydrogen-bond donors (Lipinski definition) is 1. The average Bonchev–Trinajstić information content (AvgIpc) is 3.28. The van der Waals surface area contributed by atoms with Gasteiger partial charge >= 0.3 is 0 Å². The van der Waals surface area contributed by atoms with E-state index in [4.69, 9.17) is 4.74 Å². The quantitative estimate of drug-likeness (QED) is 0.434. The van der Waals surface area contributed by atoms with Gasteiger partial charge in [0.15, 0.2) is 0 Å². The summed E-state index contributed by atoms with van der Waals surface area (Å²) in [6.45, 7) is 0. The van der Waals surface area contributed by atoms with Crippen LogP contribution in [0.3, 0.4) is 0 Å². The molecular formula is C22H17FN4O2S. The van der Waals surface area contributed by atoms with Crippen molar-refractivity contribution in [3.05, 3.63) is 89.3 Å². The lowest BCUT2D eigenvalue weighted by Gasteiger charge is -2.19. The normalized spacial score (nSPS) is 11.7. The predicted octanol–water partition coefficient (Wildman–Crippen LogP) is 4.78. The third kappa shape index (κ3) is 4.18. The number of carbonyl (C=O) groups is 1. The highest BCUT2D eigenvalue weighted by Crippen LogP contribution is 2.31. The van der Waals surface area contributed by atoms with E-state index in [1.165, 1.54) is 12.1 Å². The molecule has 0 saturated carbocycles. The molecular weight excluding hydrogens is 403 g/mol. The Balaban J connectivity index is 1.73. The third-order valence-electron chi connectivity index (χ3n) is 4.48. The van der Waals surface area contributed by atoms with E-state index in [1.54, 1.807) is 37.7 Å². The first-order valence-electron chi connectivity index (χ1n) is 9.08. The topological polar surface area (TPSA) is 77.0 Å². The van der Waals surface area contributed by atoms with E-state index < -0.39 is 6.04 Å². The smallest absolute Gasteiger partial charge is 0.203 e. The summed E-state index contributed by atoms with van der Waals surface area (Å²) in [6, 6.07) is 16.1. The number of anilines is 1. The summed E-state index contributed by atoms with van der Waals surface area (Å²) in [5, 5.41) is 7.35. The van der Waals surface area contributed by atoms with Crippen LogP contribution in [-0.4, -0.2) is 27.5 Å². The SMILES string of the molecule is COc1cncc(NC(C(=O)c2snnc2-c2ccccc2)c2ccc(F)cc2)c1. The average molecular weight is 420 g/mol. The van der Waals surface area contributed by atoms with Crippen molar-refractivity contribution >= 4 is 23.0 Å². The monoisotopic (exact) mass is 420 g/mol. The van der Waals surface area contributed by atoms with Gasteiger partial charge in [-0.1, -0.05) is 47.0 Å². The van der Waals surface area contributed by atoms with Crippen LogP contribution in [0.2, 0.25) is 0 Å². The Morgan fingerprint density at radius 3 is 2.60 bits per heavy atom. The second-order valence-corrected chi connectivity index (χ2v) is 7.18. The van der Waals surface area contributed by atoms with E-state index in [2.05, 4.69) is 19.9 Å². The van der Waals surface area contributed by atoms with Gasteiger partial charge in [-0.3, -0.25) is 9.78 Å². The summed E-state index contributed by atoms with van der Waals surface area (Å²) in [5.74, 6) is -0.0505. The highest BCUT2D eigenvalue weighted by atomic mass is 32.1. The lowest BCUT2D eigenvalue weighted by molar-refractivity contribution is 0.0974. The number of nitrogens with one attached hydrogen (secondary N) is 1. The van der Waals surface area contributed by atoms with Crippen LogP contribution in [-0.2, 0) is 0 Å². The Labute approximate surface area is 176 Å². The van der Waals surface area contributed by atoms with Crippen LogP contribution in [0.25, 0.3) is 11.3 Å². The molecule has 1 unspecified atom stereocenters.